The average molecular weight is 804 g/mol. The van der Waals surface area contributed by atoms with Gasteiger partial charge in [-0.15, -0.1) is 12.4 Å². The first-order valence-corrected chi connectivity index (χ1v) is 18.2. The predicted molar refractivity (Wildman–Crippen MR) is 202 cm³/mol. The summed E-state index contributed by atoms with van der Waals surface area (Å²) in [6.45, 7) is 2.96. The summed E-state index contributed by atoms with van der Waals surface area (Å²) in [5.41, 5.74) is 9.09. The van der Waals surface area contributed by atoms with Crippen molar-refractivity contribution in [1.29, 1.82) is 0 Å². The number of nitrogens with one attached hydrogen (secondary N) is 5. The molecular formula is C39H43ClF5N7O4. The summed E-state index contributed by atoms with van der Waals surface area (Å²) in [5, 5.41) is 11.1. The predicted octanol–water partition coefficient (Wildman–Crippen LogP) is 6.05. The Balaban J connectivity index is 0.00000600. The van der Waals surface area contributed by atoms with Gasteiger partial charge in [0.15, 0.2) is 5.82 Å². The number of aryl methyl sites for hydroxylation is 1. The Morgan fingerprint density at radius 3 is 2.39 bits per heavy atom. The second-order valence-electron chi connectivity index (χ2n) is 14.3. The fourth-order valence-corrected chi connectivity index (χ4v) is 7.14. The monoisotopic (exact) mass is 803 g/mol. The largest absolute Gasteiger partial charge is 0.461 e. The maximum Gasteiger partial charge on any atom is 0.461 e. The number of aromatic amines is 1. The van der Waals surface area contributed by atoms with Crippen LogP contribution in [0, 0.1) is 18.8 Å². The molecule has 2 heterocycles. The smallest absolute Gasteiger partial charge is 0.354 e. The number of nitrogens with two attached hydrogens (primary N) is 1. The Morgan fingerprint density at radius 2 is 1.71 bits per heavy atom. The highest BCUT2D eigenvalue weighted by Gasteiger charge is 2.61. The van der Waals surface area contributed by atoms with Gasteiger partial charge >= 0.3 is 12.1 Å². The molecule has 300 valence electrons. The third-order valence-corrected chi connectivity index (χ3v) is 10.3. The summed E-state index contributed by atoms with van der Waals surface area (Å²) >= 11 is 0. The Hall–Kier alpha value is -5.09. The zero-order valence-electron chi connectivity index (χ0n) is 30.4. The number of anilines is 1. The molecule has 0 spiro atoms. The van der Waals surface area contributed by atoms with Crippen molar-refractivity contribution >= 4 is 52.8 Å². The first kappa shape index (κ1) is 42.1. The van der Waals surface area contributed by atoms with E-state index in [2.05, 4.69) is 26.3 Å². The molecule has 1 aliphatic carbocycles. The molecule has 0 bridgehead atoms. The van der Waals surface area contributed by atoms with Crippen molar-refractivity contribution in [2.75, 3.05) is 18.4 Å². The number of alkyl halides is 5. The molecule has 1 aliphatic heterocycles. The van der Waals surface area contributed by atoms with Gasteiger partial charge in [0, 0.05) is 30.1 Å². The maximum absolute atomic E-state index is 14.0. The lowest BCUT2D eigenvalue weighted by molar-refractivity contribution is -0.292. The summed E-state index contributed by atoms with van der Waals surface area (Å²) in [4.78, 5) is 57.9. The molecule has 0 radical (unpaired) electrons. The van der Waals surface area contributed by atoms with Crippen molar-refractivity contribution in [3.8, 4) is 11.1 Å². The van der Waals surface area contributed by atoms with Crippen LogP contribution in [-0.2, 0) is 26.7 Å². The highest BCUT2D eigenvalue weighted by atomic mass is 35.5. The van der Waals surface area contributed by atoms with Gasteiger partial charge in [0.25, 0.3) is 5.91 Å². The number of rotatable bonds is 11. The second-order valence-corrected chi connectivity index (χ2v) is 14.3. The number of halogens is 6. The molecule has 6 rings (SSSR count). The molecule has 7 N–H and O–H groups in total. The van der Waals surface area contributed by atoms with Gasteiger partial charge in [0.2, 0.25) is 17.7 Å². The van der Waals surface area contributed by atoms with E-state index in [1.807, 2.05) is 24.0 Å². The number of hydrogen-bond donors (Lipinski definition) is 6. The number of imidazole rings is 1. The van der Waals surface area contributed by atoms with Crippen LogP contribution >= 0.6 is 12.4 Å². The van der Waals surface area contributed by atoms with Crippen LogP contribution in [-0.4, -0.2) is 64.9 Å². The summed E-state index contributed by atoms with van der Waals surface area (Å²) in [6.07, 6.45) is -1.69. The van der Waals surface area contributed by atoms with Crippen LogP contribution in [0.4, 0.5) is 27.6 Å². The number of carbonyl (C=O) groups excluding carboxylic acids is 4. The molecule has 0 unspecified atom stereocenters. The van der Waals surface area contributed by atoms with E-state index < -0.39 is 35.9 Å². The number of benzene rings is 3. The van der Waals surface area contributed by atoms with E-state index in [0.717, 1.165) is 36.0 Å². The fraction of sp³-hybridized carbons (Fsp3) is 0.410. The van der Waals surface area contributed by atoms with Crippen LogP contribution < -0.4 is 27.0 Å². The van der Waals surface area contributed by atoms with Crippen LogP contribution in [0.1, 0.15) is 65.8 Å². The Bertz CT molecular complexity index is 2080. The van der Waals surface area contributed by atoms with Crippen molar-refractivity contribution in [3.63, 3.8) is 0 Å². The Labute approximate surface area is 325 Å². The zero-order valence-corrected chi connectivity index (χ0v) is 31.2. The Kier molecular flexibility index (Phi) is 13.0. The minimum absolute atomic E-state index is 0. The van der Waals surface area contributed by atoms with Gasteiger partial charge < -0.3 is 32.0 Å². The quantitative estimate of drug-likeness (QED) is 0.101. The highest BCUT2D eigenvalue weighted by Crippen LogP contribution is 2.43. The van der Waals surface area contributed by atoms with E-state index in [4.69, 9.17) is 5.73 Å². The molecule has 1 saturated heterocycles. The highest BCUT2D eigenvalue weighted by molar-refractivity contribution is 5.99. The molecule has 2 aliphatic rings. The summed E-state index contributed by atoms with van der Waals surface area (Å²) in [5.74, 6) is -8.30. The fourth-order valence-electron chi connectivity index (χ4n) is 7.14. The molecule has 17 heteroatoms. The number of carbonyl (C=O) groups is 4. The van der Waals surface area contributed by atoms with Crippen molar-refractivity contribution in [3.05, 3.63) is 83.2 Å². The standard InChI is InChI=1S/C39H42F5N7O4.ClH/c1-21-16-26(34(53)48-30-6-3-15-46-35(30)54)11-13-28(21)25-5-2-4-23(17-25)18-32(49-33(52)24-9-7-22(20-45)8-10-24)36(55)47-27-12-14-29-31(19-27)51-37(50-29)38(40,41)39(42,43)44;/h2,4-5,11-14,16-17,19,22,24,30,32H,3,6-10,15,18,20,45H2,1H3,(H,46,54)(H,47,55)(H,48,53)(H,49,52)(H,50,51);1H/t22-,24-,30-,32+;/m1./s1. The summed E-state index contributed by atoms with van der Waals surface area (Å²) in [6, 6.07) is 14.6. The molecule has 2 atom stereocenters. The number of H-pyrrole nitrogens is 1. The van der Waals surface area contributed by atoms with E-state index in [1.165, 1.54) is 18.2 Å². The van der Waals surface area contributed by atoms with Crippen LogP contribution in [0.15, 0.2) is 60.7 Å². The normalized spacial score (nSPS) is 19.3. The first-order chi connectivity index (χ1) is 26.1. The number of hydrogen-bond acceptors (Lipinski definition) is 6. The minimum atomic E-state index is -5.86. The van der Waals surface area contributed by atoms with E-state index >= 15 is 0 Å². The van der Waals surface area contributed by atoms with Crippen molar-refractivity contribution in [2.45, 2.75) is 76.1 Å². The molecule has 4 aromatic rings. The lowest BCUT2D eigenvalue weighted by Gasteiger charge is -2.28. The van der Waals surface area contributed by atoms with Gasteiger partial charge in [-0.2, -0.15) is 22.0 Å². The first-order valence-electron chi connectivity index (χ1n) is 18.2. The van der Waals surface area contributed by atoms with Crippen LogP contribution in [0.25, 0.3) is 22.2 Å². The number of fused-ring (bicyclic) bond motifs is 1. The number of piperidine rings is 1. The summed E-state index contributed by atoms with van der Waals surface area (Å²) < 4.78 is 66.9. The summed E-state index contributed by atoms with van der Waals surface area (Å²) in [7, 11) is 0. The molecule has 3 aromatic carbocycles. The van der Waals surface area contributed by atoms with Gasteiger partial charge in [-0.1, -0.05) is 30.3 Å². The topological polar surface area (TPSA) is 171 Å². The number of amides is 4. The lowest BCUT2D eigenvalue weighted by Crippen LogP contribution is -2.50. The van der Waals surface area contributed by atoms with Gasteiger partial charge in [0.1, 0.15) is 12.1 Å². The van der Waals surface area contributed by atoms with Gasteiger partial charge in [-0.3, -0.25) is 19.2 Å². The zero-order chi connectivity index (χ0) is 39.5. The lowest BCUT2D eigenvalue weighted by atomic mass is 9.81. The van der Waals surface area contributed by atoms with Crippen molar-refractivity contribution < 1.29 is 41.1 Å². The third-order valence-electron chi connectivity index (χ3n) is 10.3. The number of aromatic nitrogens is 2. The molecule has 11 nitrogen and oxygen atoms in total. The van der Waals surface area contributed by atoms with Gasteiger partial charge in [-0.25, -0.2) is 4.98 Å². The molecule has 4 amide bonds. The average Bonchev–Trinajstić information content (AvgIpc) is 3.59. The van der Waals surface area contributed by atoms with Crippen LogP contribution in [0.5, 0.6) is 0 Å². The molecule has 1 saturated carbocycles. The molecule has 1 aromatic heterocycles. The van der Waals surface area contributed by atoms with E-state index in [-0.39, 0.29) is 59.2 Å². The van der Waals surface area contributed by atoms with Crippen molar-refractivity contribution in [1.82, 2.24) is 25.9 Å². The minimum Gasteiger partial charge on any atom is -0.354 e. The SMILES string of the molecule is Cc1cc(C(=O)N[C@@H]2CCCNC2=O)ccc1-c1cccc(C[C@H](NC(=O)[C@H]2CC[C@H](CN)CC2)C(=O)Nc2ccc3nc(C(F)(F)C(F)(F)F)[nH]c3c2)c1.Cl. The molecular weight excluding hydrogens is 761 g/mol. The third kappa shape index (κ3) is 9.46. The molecule has 56 heavy (non-hydrogen) atoms. The number of nitrogens with zero attached hydrogens (tertiary/aromatic N) is 1. The van der Waals surface area contributed by atoms with E-state index in [9.17, 15) is 41.1 Å². The van der Waals surface area contributed by atoms with E-state index in [1.54, 1.807) is 30.3 Å². The Morgan fingerprint density at radius 1 is 0.964 bits per heavy atom. The molecule has 2 fully saturated rings. The van der Waals surface area contributed by atoms with Crippen LogP contribution in [0.2, 0.25) is 0 Å². The van der Waals surface area contributed by atoms with E-state index in [0.29, 0.717) is 49.4 Å². The van der Waals surface area contributed by atoms with Crippen LogP contribution in [0.3, 0.4) is 0 Å². The van der Waals surface area contributed by atoms with Gasteiger partial charge in [-0.05, 0) is 110 Å². The maximum atomic E-state index is 14.0. The van der Waals surface area contributed by atoms with Crippen molar-refractivity contribution in [2.24, 2.45) is 17.6 Å². The second kappa shape index (κ2) is 17.4. The van der Waals surface area contributed by atoms with Gasteiger partial charge in [0.05, 0.1) is 11.0 Å².